The highest BCUT2D eigenvalue weighted by Gasteiger charge is 2.51. The smallest absolute Gasteiger partial charge is 0.231 e. The summed E-state index contributed by atoms with van der Waals surface area (Å²) in [6, 6.07) is 0.560. The molecule has 92 valence electrons. The first-order chi connectivity index (χ1) is 7.59. The zero-order chi connectivity index (χ0) is 11.8. The van der Waals surface area contributed by atoms with E-state index in [0.29, 0.717) is 6.04 Å². The summed E-state index contributed by atoms with van der Waals surface area (Å²) in [5, 5.41) is 9.24. The maximum absolute atomic E-state index is 12.1. The molecule has 4 heteroatoms. The molecule has 1 aliphatic carbocycles. The standard InChI is InChI=1S/C12H22N2O2/c1-10(2)13-5-7-14(8-6-13)11(16)12(9-15)3-4-12/h10,15H,3-9H2,1-2H3. The van der Waals surface area contributed by atoms with Crippen molar-refractivity contribution in [2.24, 2.45) is 5.41 Å². The molecule has 0 unspecified atom stereocenters. The third-order valence-corrected chi connectivity index (χ3v) is 3.94. The van der Waals surface area contributed by atoms with Crippen molar-refractivity contribution in [1.82, 2.24) is 9.80 Å². The molecule has 1 saturated carbocycles. The largest absolute Gasteiger partial charge is 0.395 e. The van der Waals surface area contributed by atoms with E-state index in [1.807, 2.05) is 4.90 Å². The number of nitrogens with zero attached hydrogens (tertiary/aromatic N) is 2. The highest BCUT2D eigenvalue weighted by atomic mass is 16.3. The second kappa shape index (κ2) is 4.34. The lowest BCUT2D eigenvalue weighted by Crippen LogP contribution is -2.52. The number of hydrogen-bond acceptors (Lipinski definition) is 3. The van der Waals surface area contributed by atoms with E-state index in [-0.39, 0.29) is 17.9 Å². The van der Waals surface area contributed by atoms with Crippen molar-refractivity contribution >= 4 is 5.91 Å². The van der Waals surface area contributed by atoms with Crippen molar-refractivity contribution in [1.29, 1.82) is 0 Å². The number of piperazine rings is 1. The third-order valence-electron chi connectivity index (χ3n) is 3.94. The van der Waals surface area contributed by atoms with E-state index < -0.39 is 0 Å². The summed E-state index contributed by atoms with van der Waals surface area (Å²) in [5.74, 6) is 0.179. The van der Waals surface area contributed by atoms with Crippen molar-refractivity contribution in [2.75, 3.05) is 32.8 Å². The molecule has 1 amide bonds. The Morgan fingerprint density at radius 3 is 2.19 bits per heavy atom. The molecule has 2 rings (SSSR count). The predicted molar refractivity (Wildman–Crippen MR) is 62.0 cm³/mol. The van der Waals surface area contributed by atoms with Gasteiger partial charge in [0.1, 0.15) is 0 Å². The summed E-state index contributed by atoms with van der Waals surface area (Å²) in [4.78, 5) is 16.5. The fraction of sp³-hybridized carbons (Fsp3) is 0.917. The molecule has 16 heavy (non-hydrogen) atoms. The highest BCUT2D eigenvalue weighted by Crippen LogP contribution is 2.46. The normalized spacial score (nSPS) is 24.9. The molecule has 0 bridgehead atoms. The molecule has 1 aliphatic heterocycles. The van der Waals surface area contributed by atoms with Crippen LogP contribution < -0.4 is 0 Å². The van der Waals surface area contributed by atoms with Gasteiger partial charge < -0.3 is 10.0 Å². The number of aliphatic hydroxyl groups is 1. The molecule has 1 heterocycles. The lowest BCUT2D eigenvalue weighted by atomic mass is 10.1. The van der Waals surface area contributed by atoms with Crippen LogP contribution in [-0.2, 0) is 4.79 Å². The topological polar surface area (TPSA) is 43.8 Å². The van der Waals surface area contributed by atoms with Crippen LogP contribution in [0.15, 0.2) is 0 Å². The van der Waals surface area contributed by atoms with Gasteiger partial charge in [-0.05, 0) is 26.7 Å². The molecule has 1 saturated heterocycles. The minimum Gasteiger partial charge on any atom is -0.395 e. The molecule has 0 spiro atoms. The van der Waals surface area contributed by atoms with E-state index in [0.717, 1.165) is 39.0 Å². The molecule has 0 radical (unpaired) electrons. The van der Waals surface area contributed by atoms with Gasteiger partial charge in [0, 0.05) is 32.2 Å². The Morgan fingerprint density at radius 1 is 1.25 bits per heavy atom. The van der Waals surface area contributed by atoms with Crippen molar-refractivity contribution in [3.63, 3.8) is 0 Å². The molecule has 1 N–H and O–H groups in total. The maximum Gasteiger partial charge on any atom is 0.231 e. The first-order valence-electron chi connectivity index (χ1n) is 6.23. The summed E-state index contributed by atoms with van der Waals surface area (Å²) in [6.45, 7) is 7.96. The Hall–Kier alpha value is -0.610. The molecule has 2 aliphatic rings. The van der Waals surface area contributed by atoms with E-state index in [9.17, 15) is 9.90 Å². The van der Waals surface area contributed by atoms with E-state index >= 15 is 0 Å². The molecule has 0 aromatic rings. The fourth-order valence-electron chi connectivity index (χ4n) is 2.37. The van der Waals surface area contributed by atoms with E-state index in [1.165, 1.54) is 0 Å². The minimum atomic E-state index is -0.389. The SMILES string of the molecule is CC(C)N1CCN(C(=O)C2(CO)CC2)CC1. The third kappa shape index (κ3) is 2.09. The van der Waals surface area contributed by atoms with Crippen LogP contribution in [0.4, 0.5) is 0 Å². The van der Waals surface area contributed by atoms with Crippen molar-refractivity contribution in [3.8, 4) is 0 Å². The minimum absolute atomic E-state index is 0.0240. The number of aliphatic hydroxyl groups excluding tert-OH is 1. The van der Waals surface area contributed by atoms with Crippen LogP contribution in [0.3, 0.4) is 0 Å². The van der Waals surface area contributed by atoms with Crippen LogP contribution >= 0.6 is 0 Å². The van der Waals surface area contributed by atoms with Crippen LogP contribution in [0.2, 0.25) is 0 Å². The molecular formula is C12H22N2O2. The second-order valence-corrected chi connectivity index (χ2v) is 5.36. The molecule has 0 aromatic heterocycles. The number of amides is 1. The van der Waals surface area contributed by atoms with Gasteiger partial charge in [-0.1, -0.05) is 0 Å². The molecular weight excluding hydrogens is 204 g/mol. The van der Waals surface area contributed by atoms with Crippen LogP contribution in [0, 0.1) is 5.41 Å². The van der Waals surface area contributed by atoms with Gasteiger partial charge in [0.25, 0.3) is 0 Å². The van der Waals surface area contributed by atoms with E-state index in [1.54, 1.807) is 0 Å². The number of carbonyl (C=O) groups excluding carboxylic acids is 1. The van der Waals surface area contributed by atoms with Crippen LogP contribution in [0.5, 0.6) is 0 Å². The molecule has 4 nitrogen and oxygen atoms in total. The molecule has 2 fully saturated rings. The van der Waals surface area contributed by atoms with Gasteiger partial charge in [0.2, 0.25) is 5.91 Å². The van der Waals surface area contributed by atoms with Gasteiger partial charge in [0.15, 0.2) is 0 Å². The zero-order valence-electron chi connectivity index (χ0n) is 10.3. The van der Waals surface area contributed by atoms with E-state index in [2.05, 4.69) is 18.7 Å². The van der Waals surface area contributed by atoms with Crippen molar-refractivity contribution in [2.45, 2.75) is 32.7 Å². The van der Waals surface area contributed by atoms with Crippen LogP contribution in [0.1, 0.15) is 26.7 Å². The Morgan fingerprint density at radius 2 is 1.81 bits per heavy atom. The second-order valence-electron chi connectivity index (χ2n) is 5.36. The summed E-state index contributed by atoms with van der Waals surface area (Å²) in [7, 11) is 0. The Balaban J connectivity index is 1.87. The van der Waals surface area contributed by atoms with Gasteiger partial charge in [0.05, 0.1) is 12.0 Å². The summed E-state index contributed by atoms with van der Waals surface area (Å²) < 4.78 is 0. The van der Waals surface area contributed by atoms with Crippen LogP contribution in [0.25, 0.3) is 0 Å². The Kier molecular flexibility index (Phi) is 3.22. The fourth-order valence-corrected chi connectivity index (χ4v) is 2.37. The highest BCUT2D eigenvalue weighted by molar-refractivity contribution is 5.85. The zero-order valence-corrected chi connectivity index (χ0v) is 10.3. The summed E-state index contributed by atoms with van der Waals surface area (Å²) in [5.41, 5.74) is -0.389. The Labute approximate surface area is 97.2 Å². The maximum atomic E-state index is 12.1. The van der Waals surface area contributed by atoms with Gasteiger partial charge in [-0.2, -0.15) is 0 Å². The number of rotatable bonds is 3. The first kappa shape index (κ1) is 11.9. The van der Waals surface area contributed by atoms with Gasteiger partial charge in [-0.3, -0.25) is 9.69 Å². The molecule has 0 aromatic carbocycles. The lowest BCUT2D eigenvalue weighted by molar-refractivity contribution is -0.140. The monoisotopic (exact) mass is 226 g/mol. The van der Waals surface area contributed by atoms with Crippen molar-refractivity contribution < 1.29 is 9.90 Å². The van der Waals surface area contributed by atoms with Gasteiger partial charge in [-0.15, -0.1) is 0 Å². The Bertz CT molecular complexity index is 266. The number of hydrogen-bond donors (Lipinski definition) is 1. The first-order valence-corrected chi connectivity index (χ1v) is 6.23. The van der Waals surface area contributed by atoms with Gasteiger partial charge >= 0.3 is 0 Å². The summed E-state index contributed by atoms with van der Waals surface area (Å²) >= 11 is 0. The summed E-state index contributed by atoms with van der Waals surface area (Å²) in [6.07, 6.45) is 1.74. The average molecular weight is 226 g/mol. The lowest BCUT2D eigenvalue weighted by Gasteiger charge is -2.38. The van der Waals surface area contributed by atoms with Gasteiger partial charge in [-0.25, -0.2) is 0 Å². The quantitative estimate of drug-likeness (QED) is 0.753. The molecule has 0 atom stereocenters. The number of carbonyl (C=O) groups is 1. The van der Waals surface area contributed by atoms with Crippen molar-refractivity contribution in [3.05, 3.63) is 0 Å². The predicted octanol–water partition coefficient (Wildman–Crippen LogP) is 0.311. The van der Waals surface area contributed by atoms with E-state index in [4.69, 9.17) is 0 Å². The average Bonchev–Trinajstić information content (AvgIpc) is 3.09. The van der Waals surface area contributed by atoms with Crippen LogP contribution in [-0.4, -0.2) is 59.6 Å².